The first-order valence-corrected chi connectivity index (χ1v) is 3.78. The third-order valence-corrected chi connectivity index (χ3v) is 1.84. The molecule has 66 valence electrons. The number of benzene rings is 1. The summed E-state index contributed by atoms with van der Waals surface area (Å²) >= 11 is 0. The Kier molecular flexibility index (Phi) is 1.73. The number of carbonyl (C=O) groups excluding carboxylic acids is 1. The van der Waals surface area contributed by atoms with Crippen molar-refractivity contribution >= 4 is 23.0 Å². The van der Waals surface area contributed by atoms with E-state index in [4.69, 9.17) is 0 Å². The fraction of sp³-hybridized carbons (Fsp3) is 0. The van der Waals surface area contributed by atoms with Gasteiger partial charge in [0.2, 0.25) is 6.41 Å². The maximum Gasteiger partial charge on any atom is 0.211 e. The number of aromatic amines is 1. The summed E-state index contributed by atoms with van der Waals surface area (Å²) in [4.78, 5) is 13.1. The minimum absolute atomic E-state index is 0.364. The maximum absolute atomic E-state index is 12.9. The average Bonchev–Trinajstić information content (AvgIpc) is 2.52. The van der Waals surface area contributed by atoms with E-state index >= 15 is 0 Å². The number of carbonyl (C=O) groups is 1. The van der Waals surface area contributed by atoms with E-state index in [0.29, 0.717) is 12.1 Å². The van der Waals surface area contributed by atoms with Gasteiger partial charge in [0.1, 0.15) is 5.82 Å². The first-order chi connectivity index (χ1) is 6.31. The van der Waals surface area contributed by atoms with Gasteiger partial charge in [0.15, 0.2) is 0 Å². The van der Waals surface area contributed by atoms with Crippen molar-refractivity contribution in [3.05, 3.63) is 30.2 Å². The summed E-state index contributed by atoms with van der Waals surface area (Å²) in [5, 5.41) is 3.17. The van der Waals surface area contributed by atoms with Gasteiger partial charge in [0, 0.05) is 11.6 Å². The number of H-pyrrole nitrogens is 1. The highest BCUT2D eigenvalue weighted by Gasteiger charge is 2.03. The molecular formula is C9H7FN2O. The molecule has 0 bridgehead atoms. The monoisotopic (exact) mass is 178 g/mol. The van der Waals surface area contributed by atoms with Crippen LogP contribution < -0.4 is 5.32 Å². The molecule has 3 nitrogen and oxygen atoms in total. The lowest BCUT2D eigenvalue weighted by atomic mass is 10.2. The van der Waals surface area contributed by atoms with Crippen molar-refractivity contribution in [3.63, 3.8) is 0 Å². The van der Waals surface area contributed by atoms with Crippen LogP contribution in [0.1, 0.15) is 0 Å². The van der Waals surface area contributed by atoms with Gasteiger partial charge >= 0.3 is 0 Å². The molecule has 0 fully saturated rings. The smallest absolute Gasteiger partial charge is 0.211 e. The third kappa shape index (κ3) is 1.26. The average molecular weight is 178 g/mol. The molecule has 2 rings (SSSR count). The fourth-order valence-corrected chi connectivity index (χ4v) is 1.31. The number of anilines is 1. The van der Waals surface area contributed by atoms with Crippen LogP contribution in [0.3, 0.4) is 0 Å². The Hall–Kier alpha value is -1.84. The predicted molar refractivity (Wildman–Crippen MR) is 47.9 cm³/mol. The Morgan fingerprint density at radius 1 is 1.46 bits per heavy atom. The zero-order valence-electron chi connectivity index (χ0n) is 6.67. The molecule has 2 aromatic rings. The van der Waals surface area contributed by atoms with Crippen LogP contribution in [0.4, 0.5) is 10.1 Å². The lowest BCUT2D eigenvalue weighted by molar-refractivity contribution is -0.105. The molecule has 2 N–H and O–H groups in total. The largest absolute Gasteiger partial charge is 0.359 e. The van der Waals surface area contributed by atoms with Gasteiger partial charge in [0.05, 0.1) is 11.2 Å². The zero-order chi connectivity index (χ0) is 9.26. The highest BCUT2D eigenvalue weighted by atomic mass is 19.1. The van der Waals surface area contributed by atoms with Crippen molar-refractivity contribution in [1.29, 1.82) is 0 Å². The number of nitrogens with one attached hydrogen (secondary N) is 2. The second kappa shape index (κ2) is 2.90. The van der Waals surface area contributed by atoms with E-state index in [2.05, 4.69) is 10.3 Å². The summed E-state index contributed by atoms with van der Waals surface area (Å²) in [5.41, 5.74) is 1.18. The molecule has 0 radical (unpaired) electrons. The summed E-state index contributed by atoms with van der Waals surface area (Å²) in [7, 11) is 0. The van der Waals surface area contributed by atoms with Crippen molar-refractivity contribution in [2.24, 2.45) is 0 Å². The van der Waals surface area contributed by atoms with E-state index in [-0.39, 0.29) is 5.82 Å². The van der Waals surface area contributed by atoms with Crippen LogP contribution in [0.2, 0.25) is 0 Å². The standard InChI is InChI=1S/C9H7FN2O/c10-7-3-6-1-2-11-9(6)8(4-7)12-5-13/h1-5,11H,(H,12,13). The number of fused-ring (bicyclic) bond motifs is 1. The van der Waals surface area contributed by atoms with Gasteiger partial charge in [-0.15, -0.1) is 0 Å². The molecule has 0 aliphatic heterocycles. The van der Waals surface area contributed by atoms with E-state index in [9.17, 15) is 9.18 Å². The number of hydrogen-bond acceptors (Lipinski definition) is 1. The van der Waals surface area contributed by atoms with Crippen LogP contribution in [-0.4, -0.2) is 11.4 Å². The molecule has 13 heavy (non-hydrogen) atoms. The van der Waals surface area contributed by atoms with E-state index in [1.54, 1.807) is 12.3 Å². The Morgan fingerprint density at radius 3 is 3.08 bits per heavy atom. The lowest BCUT2D eigenvalue weighted by Gasteiger charge is -2.00. The first kappa shape index (κ1) is 7.79. The molecule has 0 saturated heterocycles. The number of amides is 1. The van der Waals surface area contributed by atoms with Crippen LogP contribution in [0.15, 0.2) is 24.4 Å². The van der Waals surface area contributed by atoms with Gasteiger partial charge < -0.3 is 10.3 Å². The topological polar surface area (TPSA) is 44.9 Å². The van der Waals surface area contributed by atoms with Crippen molar-refractivity contribution in [2.45, 2.75) is 0 Å². The molecule has 0 aliphatic carbocycles. The number of aromatic nitrogens is 1. The molecular weight excluding hydrogens is 171 g/mol. The zero-order valence-corrected chi connectivity index (χ0v) is 6.67. The van der Waals surface area contributed by atoms with Crippen molar-refractivity contribution < 1.29 is 9.18 Å². The molecule has 4 heteroatoms. The van der Waals surface area contributed by atoms with E-state index in [0.717, 1.165) is 10.9 Å². The van der Waals surface area contributed by atoms with Gasteiger partial charge in [-0.1, -0.05) is 0 Å². The van der Waals surface area contributed by atoms with Crippen molar-refractivity contribution in [3.8, 4) is 0 Å². The number of rotatable bonds is 2. The number of halogens is 1. The van der Waals surface area contributed by atoms with Crippen LogP contribution >= 0.6 is 0 Å². The Balaban J connectivity index is 2.69. The first-order valence-electron chi connectivity index (χ1n) is 3.78. The van der Waals surface area contributed by atoms with Crippen LogP contribution in [0.5, 0.6) is 0 Å². The second-order valence-corrected chi connectivity index (χ2v) is 2.66. The van der Waals surface area contributed by atoms with Crippen molar-refractivity contribution in [2.75, 3.05) is 5.32 Å². The SMILES string of the molecule is O=CNc1cc(F)cc2cc[nH]c12. The normalized spacial score (nSPS) is 10.2. The third-order valence-electron chi connectivity index (χ3n) is 1.84. The highest BCUT2D eigenvalue weighted by molar-refractivity contribution is 5.94. The van der Waals surface area contributed by atoms with Gasteiger partial charge in [-0.05, 0) is 18.2 Å². The van der Waals surface area contributed by atoms with Crippen LogP contribution in [0.25, 0.3) is 10.9 Å². The molecule has 0 atom stereocenters. The van der Waals surface area contributed by atoms with E-state index < -0.39 is 0 Å². The second-order valence-electron chi connectivity index (χ2n) is 2.66. The quantitative estimate of drug-likeness (QED) is 0.677. The maximum atomic E-state index is 12.9. The Morgan fingerprint density at radius 2 is 2.31 bits per heavy atom. The van der Waals surface area contributed by atoms with Crippen LogP contribution in [0, 0.1) is 5.82 Å². The molecule has 1 amide bonds. The van der Waals surface area contributed by atoms with E-state index in [1.165, 1.54) is 12.1 Å². The molecule has 1 heterocycles. The highest BCUT2D eigenvalue weighted by Crippen LogP contribution is 2.22. The predicted octanol–water partition coefficient (Wildman–Crippen LogP) is 1.88. The number of hydrogen-bond donors (Lipinski definition) is 2. The molecule has 0 saturated carbocycles. The van der Waals surface area contributed by atoms with Gasteiger partial charge in [-0.2, -0.15) is 0 Å². The van der Waals surface area contributed by atoms with Gasteiger partial charge in [0.25, 0.3) is 0 Å². The summed E-state index contributed by atoms with van der Waals surface area (Å²) in [6.07, 6.45) is 2.22. The molecule has 0 unspecified atom stereocenters. The van der Waals surface area contributed by atoms with Crippen LogP contribution in [-0.2, 0) is 4.79 Å². The Bertz CT molecular complexity index is 450. The molecule has 0 spiro atoms. The summed E-state index contributed by atoms with van der Waals surface area (Å²) in [6, 6.07) is 4.42. The fourth-order valence-electron chi connectivity index (χ4n) is 1.31. The summed E-state index contributed by atoms with van der Waals surface area (Å²) in [6.45, 7) is 0. The summed E-state index contributed by atoms with van der Waals surface area (Å²) in [5.74, 6) is -0.364. The molecule has 1 aromatic carbocycles. The van der Waals surface area contributed by atoms with Gasteiger partial charge in [-0.25, -0.2) is 4.39 Å². The lowest BCUT2D eigenvalue weighted by Crippen LogP contribution is -1.95. The molecule has 1 aromatic heterocycles. The minimum atomic E-state index is -0.364. The van der Waals surface area contributed by atoms with Gasteiger partial charge in [-0.3, -0.25) is 4.79 Å². The molecule has 0 aliphatic rings. The Labute approximate surface area is 73.6 Å². The minimum Gasteiger partial charge on any atom is -0.359 e. The summed E-state index contributed by atoms with van der Waals surface area (Å²) < 4.78 is 12.9. The van der Waals surface area contributed by atoms with E-state index in [1.807, 2.05) is 0 Å². The van der Waals surface area contributed by atoms with Crippen molar-refractivity contribution in [1.82, 2.24) is 4.98 Å².